The van der Waals surface area contributed by atoms with E-state index < -0.39 is 0 Å². The minimum absolute atomic E-state index is 0.627. The normalized spacial score (nSPS) is 16.3. The average molecular weight is 246 g/mol. The van der Waals surface area contributed by atoms with Gasteiger partial charge in [-0.2, -0.15) is 0 Å². The summed E-state index contributed by atoms with van der Waals surface area (Å²) < 4.78 is 0. The number of azide groups is 1. The van der Waals surface area contributed by atoms with Crippen LogP contribution in [0, 0.1) is 6.92 Å². The summed E-state index contributed by atoms with van der Waals surface area (Å²) >= 11 is 0. The Labute approximate surface area is 106 Å². The number of nitrogen functional groups attached to an aromatic ring is 1. The molecule has 0 saturated carbocycles. The van der Waals surface area contributed by atoms with Crippen LogP contribution in [0.15, 0.2) is 17.2 Å². The first-order valence-corrected chi connectivity index (χ1v) is 6.08. The van der Waals surface area contributed by atoms with E-state index in [9.17, 15) is 0 Å². The summed E-state index contributed by atoms with van der Waals surface area (Å²) in [5.74, 6) is 0. The maximum atomic E-state index is 8.55. The molecule has 0 aromatic heterocycles. The highest BCUT2D eigenvalue weighted by atomic mass is 15.2. The molecular weight excluding hydrogens is 228 g/mol. The Morgan fingerprint density at radius 1 is 1.44 bits per heavy atom. The van der Waals surface area contributed by atoms with E-state index in [4.69, 9.17) is 11.3 Å². The van der Waals surface area contributed by atoms with Crippen LogP contribution in [0.1, 0.15) is 11.1 Å². The molecule has 6 heteroatoms. The third kappa shape index (κ3) is 2.92. The smallest absolute Gasteiger partial charge is 0.0428 e. The number of anilines is 1. The number of nitrogens with one attached hydrogen (secondary N) is 1. The molecule has 6 nitrogen and oxygen atoms in total. The van der Waals surface area contributed by atoms with Gasteiger partial charge in [0.05, 0.1) is 0 Å². The fourth-order valence-corrected chi connectivity index (χ4v) is 2.21. The largest absolute Gasteiger partial charge is 0.399 e. The summed E-state index contributed by atoms with van der Waals surface area (Å²) in [5.41, 5.74) is 17.8. The van der Waals surface area contributed by atoms with E-state index in [2.05, 4.69) is 20.2 Å². The highest BCUT2D eigenvalue weighted by molar-refractivity contribution is 5.59. The first kappa shape index (κ1) is 12.7. The SMILES string of the molecule is Cc1c(CN2CCNCC2)cc(N)cc1N=[N+]=[N-]. The first-order valence-electron chi connectivity index (χ1n) is 6.08. The molecular formula is C12H18N6. The van der Waals surface area contributed by atoms with Crippen molar-refractivity contribution in [2.24, 2.45) is 5.11 Å². The third-order valence-electron chi connectivity index (χ3n) is 3.27. The topological polar surface area (TPSA) is 90.0 Å². The second kappa shape index (κ2) is 5.73. The molecule has 1 aromatic carbocycles. The molecule has 0 radical (unpaired) electrons. The van der Waals surface area contributed by atoms with Crippen molar-refractivity contribution in [3.05, 3.63) is 33.7 Å². The summed E-state index contributed by atoms with van der Waals surface area (Å²) in [6, 6.07) is 3.68. The van der Waals surface area contributed by atoms with Crippen LogP contribution >= 0.6 is 0 Å². The van der Waals surface area contributed by atoms with Crippen molar-refractivity contribution in [1.29, 1.82) is 0 Å². The van der Waals surface area contributed by atoms with Crippen LogP contribution in [0.3, 0.4) is 0 Å². The van der Waals surface area contributed by atoms with E-state index in [1.165, 1.54) is 0 Å². The number of piperazine rings is 1. The Kier molecular flexibility index (Phi) is 4.04. The second-order valence-corrected chi connectivity index (χ2v) is 4.54. The van der Waals surface area contributed by atoms with Crippen LogP contribution in [-0.4, -0.2) is 31.1 Å². The van der Waals surface area contributed by atoms with Crippen LogP contribution in [0.2, 0.25) is 0 Å². The lowest BCUT2D eigenvalue weighted by molar-refractivity contribution is 0.233. The third-order valence-corrected chi connectivity index (χ3v) is 3.27. The minimum atomic E-state index is 0.627. The van der Waals surface area contributed by atoms with E-state index in [0.717, 1.165) is 43.9 Å². The van der Waals surface area contributed by atoms with Gasteiger partial charge in [-0.3, -0.25) is 4.90 Å². The molecule has 2 rings (SSSR count). The molecule has 18 heavy (non-hydrogen) atoms. The molecule has 1 aliphatic heterocycles. The Bertz CT molecular complexity index is 472. The van der Waals surface area contributed by atoms with E-state index in [0.29, 0.717) is 11.4 Å². The molecule has 1 aromatic rings. The van der Waals surface area contributed by atoms with E-state index in [1.54, 1.807) is 6.07 Å². The standard InChI is InChI=1S/C12H18N6/c1-9-10(8-18-4-2-15-3-5-18)6-11(13)7-12(9)16-17-14/h6-7,15H,2-5,8,13H2,1H3. The summed E-state index contributed by atoms with van der Waals surface area (Å²) in [5, 5.41) is 7.02. The van der Waals surface area contributed by atoms with Gasteiger partial charge in [0.1, 0.15) is 0 Å². The maximum absolute atomic E-state index is 8.55. The number of benzene rings is 1. The van der Waals surface area contributed by atoms with Crippen molar-refractivity contribution in [2.75, 3.05) is 31.9 Å². The molecule has 0 amide bonds. The van der Waals surface area contributed by atoms with Crippen molar-refractivity contribution < 1.29 is 0 Å². The second-order valence-electron chi connectivity index (χ2n) is 4.54. The van der Waals surface area contributed by atoms with E-state index in [-0.39, 0.29) is 0 Å². The molecule has 1 saturated heterocycles. The monoisotopic (exact) mass is 246 g/mol. The van der Waals surface area contributed by atoms with Crippen molar-refractivity contribution in [2.45, 2.75) is 13.5 Å². The molecule has 1 fully saturated rings. The van der Waals surface area contributed by atoms with Gasteiger partial charge >= 0.3 is 0 Å². The Morgan fingerprint density at radius 3 is 2.83 bits per heavy atom. The van der Waals surface area contributed by atoms with Crippen LogP contribution in [0.5, 0.6) is 0 Å². The van der Waals surface area contributed by atoms with Crippen LogP contribution in [0.25, 0.3) is 10.4 Å². The zero-order chi connectivity index (χ0) is 13.0. The minimum Gasteiger partial charge on any atom is -0.399 e. The van der Waals surface area contributed by atoms with Gasteiger partial charge < -0.3 is 11.1 Å². The Morgan fingerprint density at radius 2 is 2.17 bits per heavy atom. The predicted octanol–water partition coefficient (Wildman–Crippen LogP) is 1.92. The number of hydrogen-bond donors (Lipinski definition) is 2. The van der Waals surface area contributed by atoms with Gasteiger partial charge in [0.15, 0.2) is 0 Å². The lowest BCUT2D eigenvalue weighted by atomic mass is 10.0. The van der Waals surface area contributed by atoms with Gasteiger partial charge in [-0.05, 0) is 35.7 Å². The van der Waals surface area contributed by atoms with Crippen LogP contribution in [0.4, 0.5) is 11.4 Å². The van der Waals surface area contributed by atoms with Crippen molar-refractivity contribution in [3.63, 3.8) is 0 Å². The molecule has 1 heterocycles. The van der Waals surface area contributed by atoms with Gasteiger partial charge in [0, 0.05) is 49.0 Å². The molecule has 0 atom stereocenters. The van der Waals surface area contributed by atoms with Gasteiger partial charge in [-0.15, -0.1) is 0 Å². The van der Waals surface area contributed by atoms with Gasteiger partial charge in [0.25, 0.3) is 0 Å². The first-order chi connectivity index (χ1) is 8.70. The van der Waals surface area contributed by atoms with Gasteiger partial charge in [-0.1, -0.05) is 5.11 Å². The summed E-state index contributed by atoms with van der Waals surface area (Å²) in [4.78, 5) is 5.21. The quantitative estimate of drug-likeness (QED) is 0.369. The van der Waals surface area contributed by atoms with Crippen molar-refractivity contribution in [1.82, 2.24) is 10.2 Å². The molecule has 0 spiro atoms. The van der Waals surface area contributed by atoms with E-state index >= 15 is 0 Å². The zero-order valence-corrected chi connectivity index (χ0v) is 10.6. The molecule has 0 bridgehead atoms. The zero-order valence-electron chi connectivity index (χ0n) is 10.6. The van der Waals surface area contributed by atoms with Gasteiger partial charge in [-0.25, -0.2) is 0 Å². The number of hydrogen-bond acceptors (Lipinski definition) is 4. The summed E-state index contributed by atoms with van der Waals surface area (Å²) in [6.07, 6.45) is 0. The molecule has 3 N–H and O–H groups in total. The van der Waals surface area contributed by atoms with Crippen LogP contribution in [-0.2, 0) is 6.54 Å². The maximum Gasteiger partial charge on any atom is 0.0428 e. The summed E-state index contributed by atoms with van der Waals surface area (Å²) in [7, 11) is 0. The van der Waals surface area contributed by atoms with Crippen molar-refractivity contribution in [3.8, 4) is 0 Å². The highest BCUT2D eigenvalue weighted by Gasteiger charge is 2.12. The fraction of sp³-hybridized carbons (Fsp3) is 0.500. The fourth-order valence-electron chi connectivity index (χ4n) is 2.21. The Hall–Kier alpha value is -1.75. The highest BCUT2D eigenvalue weighted by Crippen LogP contribution is 2.27. The average Bonchev–Trinajstić information content (AvgIpc) is 2.36. The molecule has 0 unspecified atom stereocenters. The number of rotatable bonds is 3. The summed E-state index contributed by atoms with van der Waals surface area (Å²) in [6.45, 7) is 6.93. The predicted molar refractivity (Wildman–Crippen MR) is 72.5 cm³/mol. The molecule has 96 valence electrons. The molecule has 0 aliphatic carbocycles. The van der Waals surface area contributed by atoms with Gasteiger partial charge in [0.2, 0.25) is 0 Å². The number of nitrogens with two attached hydrogens (primary N) is 1. The Balaban J connectivity index is 2.23. The number of nitrogens with zero attached hydrogens (tertiary/aromatic N) is 4. The van der Waals surface area contributed by atoms with E-state index in [1.807, 2.05) is 13.0 Å². The van der Waals surface area contributed by atoms with Crippen LogP contribution < -0.4 is 11.1 Å². The lowest BCUT2D eigenvalue weighted by Gasteiger charge is -2.28. The lowest BCUT2D eigenvalue weighted by Crippen LogP contribution is -2.43. The van der Waals surface area contributed by atoms with Crippen molar-refractivity contribution >= 4 is 11.4 Å². The molecule has 1 aliphatic rings.